The molecule has 0 radical (unpaired) electrons. The van der Waals surface area contributed by atoms with Crippen molar-refractivity contribution in [3.05, 3.63) is 28.2 Å². The first-order valence-corrected chi connectivity index (χ1v) is 5.61. The first-order valence-electron chi connectivity index (χ1n) is 4.82. The van der Waals surface area contributed by atoms with Crippen molar-refractivity contribution in [2.45, 2.75) is 19.8 Å². The molecule has 2 rings (SSSR count). The number of nitrogens with one attached hydrogen (secondary N) is 1. The largest absolute Gasteiger partial charge is 0.385 e. The van der Waals surface area contributed by atoms with Crippen LogP contribution in [-0.2, 0) is 6.42 Å². The Morgan fingerprint density at radius 3 is 3.15 bits per heavy atom. The monoisotopic (exact) mass is 239 g/mol. The van der Waals surface area contributed by atoms with Gasteiger partial charge in [-0.25, -0.2) is 0 Å². The number of anilines is 1. The quantitative estimate of drug-likeness (QED) is 0.792. The van der Waals surface area contributed by atoms with E-state index in [0.29, 0.717) is 0 Å². The fourth-order valence-electron chi connectivity index (χ4n) is 1.83. The maximum atomic E-state index is 3.50. The van der Waals surface area contributed by atoms with Gasteiger partial charge in [0.1, 0.15) is 0 Å². The van der Waals surface area contributed by atoms with Gasteiger partial charge >= 0.3 is 0 Å². The van der Waals surface area contributed by atoms with E-state index in [2.05, 4.69) is 46.4 Å². The van der Waals surface area contributed by atoms with Crippen molar-refractivity contribution < 1.29 is 0 Å². The lowest BCUT2D eigenvalue weighted by atomic mass is 9.92. The van der Waals surface area contributed by atoms with Crippen molar-refractivity contribution in [1.29, 1.82) is 0 Å². The van der Waals surface area contributed by atoms with Crippen LogP contribution < -0.4 is 5.32 Å². The Bertz CT molecular complexity index is 309. The Morgan fingerprint density at radius 1 is 1.54 bits per heavy atom. The lowest BCUT2D eigenvalue weighted by Crippen LogP contribution is -2.22. The molecular formula is C11H14BrN. The molecule has 13 heavy (non-hydrogen) atoms. The lowest BCUT2D eigenvalue weighted by molar-refractivity contribution is 0.520. The molecule has 1 heterocycles. The molecule has 1 N–H and O–H groups in total. The summed E-state index contributed by atoms with van der Waals surface area (Å²) in [6, 6.07) is 6.48. The summed E-state index contributed by atoms with van der Waals surface area (Å²) in [6.07, 6.45) is 2.48. The fraction of sp³-hybridized carbons (Fsp3) is 0.455. The van der Waals surface area contributed by atoms with Gasteiger partial charge in [0.2, 0.25) is 0 Å². The van der Waals surface area contributed by atoms with Crippen LogP contribution in [0.15, 0.2) is 22.7 Å². The zero-order valence-electron chi connectivity index (χ0n) is 7.81. The predicted octanol–water partition coefficient (Wildman–Crippen LogP) is 3.44. The number of fused-ring (bicyclic) bond motifs is 1. The molecule has 0 saturated carbocycles. The molecule has 0 spiro atoms. The highest BCUT2D eigenvalue weighted by atomic mass is 79.9. The molecule has 0 aliphatic carbocycles. The Balaban J connectivity index is 2.27. The highest BCUT2D eigenvalue weighted by molar-refractivity contribution is 9.10. The first kappa shape index (κ1) is 9.07. The molecule has 1 unspecified atom stereocenters. The molecule has 1 aliphatic rings. The highest BCUT2D eigenvalue weighted by Crippen LogP contribution is 2.28. The standard InChI is InChI=1S/C11H14BrN/c1-2-8-5-9-6-10(12)3-4-11(9)13-7-8/h3-4,6,8,13H,2,5,7H2,1H3. The van der Waals surface area contributed by atoms with E-state index in [1.807, 2.05) is 0 Å². The smallest absolute Gasteiger partial charge is 0.0373 e. The second kappa shape index (κ2) is 3.70. The number of hydrogen-bond acceptors (Lipinski definition) is 1. The molecule has 0 amide bonds. The summed E-state index contributed by atoms with van der Waals surface area (Å²) in [5, 5.41) is 3.47. The van der Waals surface area contributed by atoms with Gasteiger partial charge in [-0.05, 0) is 36.1 Å². The molecule has 70 valence electrons. The minimum Gasteiger partial charge on any atom is -0.385 e. The van der Waals surface area contributed by atoms with E-state index in [0.717, 1.165) is 12.5 Å². The van der Waals surface area contributed by atoms with E-state index in [-0.39, 0.29) is 0 Å². The summed E-state index contributed by atoms with van der Waals surface area (Å²) in [5.74, 6) is 0.807. The van der Waals surface area contributed by atoms with Crippen molar-refractivity contribution in [3.63, 3.8) is 0 Å². The number of rotatable bonds is 1. The Morgan fingerprint density at radius 2 is 2.38 bits per heavy atom. The summed E-state index contributed by atoms with van der Waals surface area (Å²) in [6.45, 7) is 3.39. The van der Waals surface area contributed by atoms with E-state index in [1.54, 1.807) is 0 Å². The lowest BCUT2D eigenvalue weighted by Gasteiger charge is -2.25. The van der Waals surface area contributed by atoms with Crippen molar-refractivity contribution >= 4 is 21.6 Å². The molecule has 0 aromatic heterocycles. The van der Waals surface area contributed by atoms with Crippen LogP contribution in [0.2, 0.25) is 0 Å². The summed E-state index contributed by atoms with van der Waals surface area (Å²) < 4.78 is 1.19. The molecule has 1 atom stereocenters. The zero-order chi connectivity index (χ0) is 9.26. The van der Waals surface area contributed by atoms with Crippen LogP contribution in [-0.4, -0.2) is 6.54 Å². The Hall–Kier alpha value is -0.500. The van der Waals surface area contributed by atoms with Gasteiger partial charge in [0.05, 0.1) is 0 Å². The van der Waals surface area contributed by atoms with Crippen LogP contribution in [0.25, 0.3) is 0 Å². The minimum atomic E-state index is 0.807. The van der Waals surface area contributed by atoms with Gasteiger partial charge in [0.25, 0.3) is 0 Å². The van der Waals surface area contributed by atoms with Gasteiger partial charge in [-0.1, -0.05) is 29.3 Å². The van der Waals surface area contributed by atoms with E-state index >= 15 is 0 Å². The van der Waals surface area contributed by atoms with E-state index in [9.17, 15) is 0 Å². The van der Waals surface area contributed by atoms with Gasteiger partial charge in [-0.2, -0.15) is 0 Å². The van der Waals surface area contributed by atoms with Gasteiger partial charge in [0, 0.05) is 16.7 Å². The molecule has 1 aliphatic heterocycles. The molecule has 1 nitrogen and oxygen atoms in total. The number of halogens is 1. The number of hydrogen-bond donors (Lipinski definition) is 1. The Kier molecular flexibility index (Phi) is 2.58. The summed E-state index contributed by atoms with van der Waals surface area (Å²) >= 11 is 3.50. The average Bonchev–Trinajstić information content (AvgIpc) is 2.16. The topological polar surface area (TPSA) is 12.0 Å². The maximum Gasteiger partial charge on any atom is 0.0373 e. The average molecular weight is 240 g/mol. The third kappa shape index (κ3) is 1.88. The summed E-state index contributed by atoms with van der Waals surface area (Å²) in [7, 11) is 0. The van der Waals surface area contributed by atoms with Crippen LogP contribution in [0, 0.1) is 5.92 Å². The SMILES string of the molecule is CCC1CNc2ccc(Br)cc2C1. The molecule has 2 heteroatoms. The fourth-order valence-corrected chi connectivity index (χ4v) is 2.24. The second-order valence-corrected chi connectivity index (χ2v) is 4.58. The van der Waals surface area contributed by atoms with Crippen molar-refractivity contribution in [1.82, 2.24) is 0 Å². The molecule has 0 saturated heterocycles. The molecule has 1 aromatic carbocycles. The zero-order valence-corrected chi connectivity index (χ0v) is 9.39. The van der Waals surface area contributed by atoms with Crippen molar-refractivity contribution in [2.75, 3.05) is 11.9 Å². The maximum absolute atomic E-state index is 3.50. The van der Waals surface area contributed by atoms with E-state index < -0.39 is 0 Å². The van der Waals surface area contributed by atoms with Crippen LogP contribution >= 0.6 is 15.9 Å². The third-order valence-electron chi connectivity index (χ3n) is 2.73. The van der Waals surface area contributed by atoms with Crippen molar-refractivity contribution in [3.8, 4) is 0 Å². The van der Waals surface area contributed by atoms with Gasteiger partial charge in [-0.3, -0.25) is 0 Å². The molecular weight excluding hydrogens is 226 g/mol. The first-order chi connectivity index (χ1) is 6.29. The van der Waals surface area contributed by atoms with Gasteiger partial charge in [0.15, 0.2) is 0 Å². The van der Waals surface area contributed by atoms with E-state index in [1.165, 1.54) is 28.6 Å². The third-order valence-corrected chi connectivity index (χ3v) is 3.23. The molecule has 0 bridgehead atoms. The van der Waals surface area contributed by atoms with Crippen LogP contribution in [0.4, 0.5) is 5.69 Å². The van der Waals surface area contributed by atoms with Crippen LogP contribution in [0.5, 0.6) is 0 Å². The second-order valence-electron chi connectivity index (χ2n) is 3.66. The summed E-state index contributed by atoms with van der Waals surface area (Å²) in [5.41, 5.74) is 2.76. The number of benzene rings is 1. The Labute approximate surface area is 87.7 Å². The molecule has 1 aromatic rings. The molecule has 0 fully saturated rings. The van der Waals surface area contributed by atoms with Crippen LogP contribution in [0.1, 0.15) is 18.9 Å². The normalized spacial score (nSPS) is 20.6. The van der Waals surface area contributed by atoms with Gasteiger partial charge in [-0.15, -0.1) is 0 Å². The van der Waals surface area contributed by atoms with E-state index in [4.69, 9.17) is 0 Å². The van der Waals surface area contributed by atoms with Crippen LogP contribution in [0.3, 0.4) is 0 Å². The minimum absolute atomic E-state index is 0.807. The predicted molar refractivity (Wildman–Crippen MR) is 60.1 cm³/mol. The summed E-state index contributed by atoms with van der Waals surface area (Å²) in [4.78, 5) is 0. The van der Waals surface area contributed by atoms with Crippen molar-refractivity contribution in [2.24, 2.45) is 5.92 Å². The highest BCUT2D eigenvalue weighted by Gasteiger charge is 2.16. The van der Waals surface area contributed by atoms with Gasteiger partial charge < -0.3 is 5.32 Å².